The predicted octanol–water partition coefficient (Wildman–Crippen LogP) is 2.22. The standard InChI is InChI=1S/C22H27N3O5S2/c1-4-30-18-8-6-5-7-17(18)24-20(26)13-31-22-23-12-19(21(27)25-22)32(28,29)16-10-9-14(2)15(3)11-16/h5-11,19,22-23H,4,12-13H2,1-3H3,(H,24,26)(H,25,27). The van der Waals surface area contributed by atoms with Crippen LogP contribution in [0.15, 0.2) is 47.4 Å². The Kier molecular flexibility index (Phi) is 7.81. The lowest BCUT2D eigenvalue weighted by molar-refractivity contribution is -0.122. The summed E-state index contributed by atoms with van der Waals surface area (Å²) in [7, 11) is -3.83. The molecule has 3 rings (SSSR count). The normalized spacial score (nSPS) is 18.7. The molecule has 1 aliphatic heterocycles. The van der Waals surface area contributed by atoms with E-state index in [0.717, 1.165) is 11.1 Å². The quantitative estimate of drug-likeness (QED) is 0.534. The van der Waals surface area contributed by atoms with E-state index in [4.69, 9.17) is 4.74 Å². The monoisotopic (exact) mass is 477 g/mol. The minimum atomic E-state index is -3.83. The van der Waals surface area contributed by atoms with E-state index >= 15 is 0 Å². The van der Waals surface area contributed by atoms with Gasteiger partial charge in [0.05, 0.1) is 22.9 Å². The Bertz CT molecular complexity index is 1100. The van der Waals surface area contributed by atoms with E-state index in [-0.39, 0.29) is 23.1 Å². The molecule has 172 valence electrons. The van der Waals surface area contributed by atoms with Crippen LogP contribution >= 0.6 is 11.8 Å². The number of sulfone groups is 1. The van der Waals surface area contributed by atoms with Gasteiger partial charge in [-0.1, -0.05) is 18.2 Å². The summed E-state index contributed by atoms with van der Waals surface area (Å²) in [4.78, 5) is 25.0. The van der Waals surface area contributed by atoms with Crippen LogP contribution in [0.5, 0.6) is 5.75 Å². The van der Waals surface area contributed by atoms with E-state index < -0.39 is 26.5 Å². The van der Waals surface area contributed by atoms with Gasteiger partial charge >= 0.3 is 0 Å². The van der Waals surface area contributed by atoms with Gasteiger partial charge in [-0.2, -0.15) is 0 Å². The van der Waals surface area contributed by atoms with Gasteiger partial charge in [0.15, 0.2) is 15.1 Å². The summed E-state index contributed by atoms with van der Waals surface area (Å²) >= 11 is 1.17. The van der Waals surface area contributed by atoms with Crippen LogP contribution in [0.3, 0.4) is 0 Å². The number of thioether (sulfide) groups is 1. The summed E-state index contributed by atoms with van der Waals surface area (Å²) in [6.07, 6.45) is 0. The molecule has 2 amide bonds. The molecule has 32 heavy (non-hydrogen) atoms. The van der Waals surface area contributed by atoms with Gasteiger partial charge in [-0.25, -0.2) is 8.42 Å². The average Bonchev–Trinajstić information content (AvgIpc) is 2.75. The molecule has 0 bridgehead atoms. The number of hydrogen-bond donors (Lipinski definition) is 3. The molecule has 1 saturated heterocycles. The first kappa shape index (κ1) is 24.1. The van der Waals surface area contributed by atoms with Crippen molar-refractivity contribution >= 4 is 39.1 Å². The van der Waals surface area contributed by atoms with Crippen LogP contribution in [-0.2, 0) is 19.4 Å². The molecule has 2 aromatic rings. The van der Waals surface area contributed by atoms with Gasteiger partial charge in [0.1, 0.15) is 11.2 Å². The minimum absolute atomic E-state index is 0.0342. The maximum Gasteiger partial charge on any atom is 0.241 e. The molecule has 2 atom stereocenters. The van der Waals surface area contributed by atoms with Crippen LogP contribution in [0, 0.1) is 13.8 Å². The highest BCUT2D eigenvalue weighted by atomic mass is 32.2. The smallest absolute Gasteiger partial charge is 0.241 e. The third-order valence-corrected chi connectivity index (χ3v) is 8.17. The van der Waals surface area contributed by atoms with Crippen LogP contribution < -0.4 is 20.7 Å². The van der Waals surface area contributed by atoms with Crippen molar-refractivity contribution in [1.29, 1.82) is 0 Å². The third kappa shape index (κ3) is 5.62. The first-order chi connectivity index (χ1) is 15.2. The molecular weight excluding hydrogens is 450 g/mol. The lowest BCUT2D eigenvalue weighted by atomic mass is 10.1. The molecule has 1 heterocycles. The van der Waals surface area contributed by atoms with Gasteiger partial charge in [-0.15, -0.1) is 11.8 Å². The molecule has 0 aliphatic carbocycles. The van der Waals surface area contributed by atoms with Gasteiger partial charge in [0.25, 0.3) is 0 Å². The first-order valence-corrected chi connectivity index (χ1v) is 12.8. The molecule has 10 heteroatoms. The van der Waals surface area contributed by atoms with Crippen molar-refractivity contribution in [1.82, 2.24) is 10.6 Å². The van der Waals surface area contributed by atoms with Gasteiger partial charge in [-0.05, 0) is 56.2 Å². The Labute approximate surface area is 192 Å². The first-order valence-electron chi connectivity index (χ1n) is 10.2. The molecule has 0 saturated carbocycles. The number of rotatable bonds is 8. The number of benzene rings is 2. The average molecular weight is 478 g/mol. The second-order valence-electron chi connectivity index (χ2n) is 7.36. The van der Waals surface area contributed by atoms with Crippen molar-refractivity contribution in [3.8, 4) is 5.75 Å². The van der Waals surface area contributed by atoms with Gasteiger partial charge in [-0.3, -0.25) is 14.9 Å². The molecule has 1 aliphatic rings. The van der Waals surface area contributed by atoms with E-state index in [2.05, 4.69) is 16.0 Å². The Morgan fingerprint density at radius 2 is 1.94 bits per heavy atom. The Morgan fingerprint density at radius 3 is 2.62 bits per heavy atom. The molecule has 0 radical (unpaired) electrons. The van der Waals surface area contributed by atoms with Gasteiger partial charge < -0.3 is 15.4 Å². The highest BCUT2D eigenvalue weighted by Crippen LogP contribution is 2.25. The molecule has 0 aromatic heterocycles. The molecule has 8 nitrogen and oxygen atoms in total. The Hall–Kier alpha value is -2.56. The fraction of sp³-hybridized carbons (Fsp3) is 0.364. The predicted molar refractivity (Wildman–Crippen MR) is 126 cm³/mol. The molecule has 2 unspecified atom stereocenters. The number of para-hydroxylation sites is 2. The van der Waals surface area contributed by atoms with Crippen LogP contribution in [0.1, 0.15) is 18.1 Å². The highest BCUT2D eigenvalue weighted by molar-refractivity contribution is 8.00. The second-order valence-corrected chi connectivity index (χ2v) is 10.6. The second kappa shape index (κ2) is 10.4. The number of ether oxygens (including phenoxy) is 1. The summed E-state index contributed by atoms with van der Waals surface area (Å²) in [5.41, 5.74) is 1.83. The molecule has 0 spiro atoms. The van der Waals surface area contributed by atoms with Gasteiger partial charge in [0.2, 0.25) is 11.8 Å². The van der Waals surface area contributed by atoms with Crippen LogP contribution in [0.2, 0.25) is 0 Å². The fourth-order valence-corrected chi connectivity index (χ4v) is 5.58. The van der Waals surface area contributed by atoms with Crippen LogP contribution in [-0.4, -0.2) is 49.9 Å². The molecular formula is C22H27N3O5S2. The van der Waals surface area contributed by atoms with Crippen LogP contribution in [0.4, 0.5) is 5.69 Å². The van der Waals surface area contributed by atoms with Crippen molar-refractivity contribution in [2.24, 2.45) is 0 Å². The molecule has 1 fully saturated rings. The fourth-order valence-electron chi connectivity index (χ4n) is 3.18. The van der Waals surface area contributed by atoms with Gasteiger partial charge in [0, 0.05) is 6.54 Å². The van der Waals surface area contributed by atoms with E-state index in [1.54, 1.807) is 30.3 Å². The molecule has 3 N–H and O–H groups in total. The Balaban J connectivity index is 1.56. The van der Waals surface area contributed by atoms with Crippen molar-refractivity contribution < 1.29 is 22.7 Å². The van der Waals surface area contributed by atoms with E-state index in [1.807, 2.05) is 26.8 Å². The SMILES string of the molecule is CCOc1ccccc1NC(=O)CSC1NCC(S(=O)(=O)c2ccc(C)c(C)c2)C(=O)N1. The number of amides is 2. The topological polar surface area (TPSA) is 114 Å². The number of carbonyl (C=O) groups excluding carboxylic acids is 2. The number of carbonyl (C=O) groups is 2. The summed E-state index contributed by atoms with van der Waals surface area (Å²) < 4.78 is 31.4. The summed E-state index contributed by atoms with van der Waals surface area (Å²) in [6, 6.07) is 12.0. The van der Waals surface area contributed by atoms with E-state index in [1.165, 1.54) is 17.8 Å². The van der Waals surface area contributed by atoms with E-state index in [9.17, 15) is 18.0 Å². The number of aryl methyl sites for hydroxylation is 2. The van der Waals surface area contributed by atoms with E-state index in [0.29, 0.717) is 18.0 Å². The van der Waals surface area contributed by atoms with Crippen molar-refractivity contribution in [2.75, 3.05) is 24.2 Å². The number of hydrogen-bond acceptors (Lipinski definition) is 7. The zero-order chi connectivity index (χ0) is 23.3. The van der Waals surface area contributed by atoms with Crippen molar-refractivity contribution in [3.63, 3.8) is 0 Å². The third-order valence-electron chi connectivity index (χ3n) is 5.08. The summed E-state index contributed by atoms with van der Waals surface area (Å²) in [6.45, 7) is 6.03. The Morgan fingerprint density at radius 1 is 1.19 bits per heavy atom. The van der Waals surface area contributed by atoms with Crippen LogP contribution in [0.25, 0.3) is 0 Å². The summed E-state index contributed by atoms with van der Waals surface area (Å²) in [5, 5.41) is 7.21. The summed E-state index contributed by atoms with van der Waals surface area (Å²) in [5.74, 6) is -0.200. The van der Waals surface area contributed by atoms with Crippen molar-refractivity contribution in [3.05, 3.63) is 53.6 Å². The minimum Gasteiger partial charge on any atom is -0.492 e. The highest BCUT2D eigenvalue weighted by Gasteiger charge is 2.38. The largest absolute Gasteiger partial charge is 0.492 e. The number of anilines is 1. The molecule has 2 aromatic carbocycles. The maximum absolute atomic E-state index is 12.9. The maximum atomic E-state index is 12.9. The zero-order valence-corrected chi connectivity index (χ0v) is 19.8. The lowest BCUT2D eigenvalue weighted by Gasteiger charge is -2.29. The number of nitrogens with one attached hydrogen (secondary N) is 3. The zero-order valence-electron chi connectivity index (χ0n) is 18.2. The lowest BCUT2D eigenvalue weighted by Crippen LogP contribution is -2.59. The van der Waals surface area contributed by atoms with Crippen molar-refractivity contribution in [2.45, 2.75) is 36.4 Å².